The normalized spacial score (nSPS) is 13.5. The van der Waals surface area contributed by atoms with Crippen LogP contribution in [0.5, 0.6) is 5.75 Å². The van der Waals surface area contributed by atoms with Crippen LogP contribution in [0.1, 0.15) is 82.8 Å². The van der Waals surface area contributed by atoms with Crippen molar-refractivity contribution in [2.24, 2.45) is 4.99 Å². The summed E-state index contributed by atoms with van der Waals surface area (Å²) in [7, 11) is 0. The fraction of sp³-hybridized carbons (Fsp3) is 0.565. The molecule has 1 amide bonds. The van der Waals surface area contributed by atoms with Gasteiger partial charge < -0.3 is 4.84 Å². The molecule has 0 saturated heterocycles. The molecular weight excluding hydrogens is 439 g/mol. The van der Waals surface area contributed by atoms with E-state index in [0.717, 1.165) is 43.0 Å². The van der Waals surface area contributed by atoms with Gasteiger partial charge in [-0.15, -0.1) is 0 Å². The van der Waals surface area contributed by atoms with E-state index in [-0.39, 0.29) is 16.9 Å². The Bertz CT molecular complexity index is 1010. The van der Waals surface area contributed by atoms with Gasteiger partial charge in [-0.1, -0.05) is 13.3 Å². The van der Waals surface area contributed by atoms with Crippen LogP contribution in [0.4, 0.5) is 13.2 Å². The highest BCUT2D eigenvalue weighted by atomic mass is 32.1. The minimum atomic E-state index is -4.59. The Morgan fingerprint density at radius 3 is 2.34 bits per heavy atom. The number of hydrogen-bond donors (Lipinski definition) is 1. The lowest BCUT2D eigenvalue weighted by Gasteiger charge is -2.21. The topological polar surface area (TPSA) is 55.6 Å². The van der Waals surface area contributed by atoms with E-state index in [1.807, 2.05) is 51.7 Å². The second-order valence-electron chi connectivity index (χ2n) is 9.73. The number of nitrogens with one attached hydrogen (secondary N) is 1. The van der Waals surface area contributed by atoms with Crippen LogP contribution in [-0.2, 0) is 18.1 Å². The van der Waals surface area contributed by atoms with Crippen molar-refractivity contribution in [3.63, 3.8) is 0 Å². The Morgan fingerprint density at radius 2 is 1.81 bits per heavy atom. The molecule has 2 aromatic rings. The van der Waals surface area contributed by atoms with Crippen LogP contribution >= 0.6 is 11.5 Å². The zero-order valence-corrected chi connectivity index (χ0v) is 20.5. The number of hydrogen-bond acceptors (Lipinski definition) is 4. The molecule has 178 valence electrons. The van der Waals surface area contributed by atoms with E-state index in [1.165, 1.54) is 11.5 Å². The van der Waals surface area contributed by atoms with Crippen molar-refractivity contribution in [2.45, 2.75) is 85.0 Å². The number of amides is 1. The number of unbranched alkanes of at least 4 members (excludes halogenated alkanes) is 1. The molecule has 32 heavy (non-hydrogen) atoms. The average Bonchev–Trinajstić information content (AvgIpc) is 3.06. The summed E-state index contributed by atoms with van der Waals surface area (Å²) in [5.74, 6) is -0.778. The summed E-state index contributed by atoms with van der Waals surface area (Å²) in [6.45, 7) is 13.7. The second-order valence-corrected chi connectivity index (χ2v) is 10.7. The van der Waals surface area contributed by atoms with Crippen LogP contribution < -0.4 is 15.0 Å². The fourth-order valence-electron chi connectivity index (χ4n) is 2.66. The Balaban J connectivity index is 2.57. The maximum absolute atomic E-state index is 13.3. The van der Waals surface area contributed by atoms with E-state index < -0.39 is 23.2 Å². The predicted molar refractivity (Wildman–Crippen MR) is 121 cm³/mol. The summed E-state index contributed by atoms with van der Waals surface area (Å²) < 4.78 is 42.4. The first-order valence-corrected chi connectivity index (χ1v) is 11.4. The quantitative estimate of drug-likeness (QED) is 0.519. The highest BCUT2D eigenvalue weighted by Crippen LogP contribution is 2.33. The van der Waals surface area contributed by atoms with Crippen molar-refractivity contribution >= 4 is 17.4 Å². The maximum atomic E-state index is 13.3. The molecule has 0 atom stereocenters. The molecule has 0 unspecified atom stereocenters. The number of aryl methyl sites for hydroxylation is 1. The molecule has 0 spiro atoms. The van der Waals surface area contributed by atoms with Gasteiger partial charge in [-0.05, 0) is 84.1 Å². The van der Waals surface area contributed by atoms with Gasteiger partial charge in [0.15, 0.2) is 5.75 Å². The minimum Gasteiger partial charge on any atom is -0.407 e. The number of carbonyl (C=O) groups is 1. The van der Waals surface area contributed by atoms with Crippen LogP contribution in [0.2, 0.25) is 0 Å². The van der Waals surface area contributed by atoms with Crippen LogP contribution in [0, 0.1) is 0 Å². The first-order valence-electron chi connectivity index (χ1n) is 10.6. The number of halogens is 3. The molecular formula is C23H32F3N3O2S. The molecule has 1 N–H and O–H groups in total. The summed E-state index contributed by atoms with van der Waals surface area (Å²) in [6.07, 6.45) is 0.0141. The Hall–Kier alpha value is -2.13. The van der Waals surface area contributed by atoms with Crippen molar-refractivity contribution in [1.29, 1.82) is 0 Å². The summed E-state index contributed by atoms with van der Waals surface area (Å²) in [6, 6.07) is 2.83. The van der Waals surface area contributed by atoms with Crippen LogP contribution in [-0.4, -0.2) is 15.4 Å². The highest BCUT2D eigenvalue weighted by molar-refractivity contribution is 7.04. The summed E-state index contributed by atoms with van der Waals surface area (Å²) >= 11 is 1.32. The molecule has 1 aromatic heterocycles. The van der Waals surface area contributed by atoms with E-state index in [0.29, 0.717) is 4.67 Å². The molecule has 0 aliphatic rings. The number of carbonyl (C=O) groups excluding carboxylic acids is 1. The lowest BCUT2D eigenvalue weighted by Crippen LogP contribution is -2.38. The monoisotopic (exact) mass is 471 g/mol. The van der Waals surface area contributed by atoms with Gasteiger partial charge in [-0.2, -0.15) is 23.6 Å². The summed E-state index contributed by atoms with van der Waals surface area (Å²) in [5, 5.41) is 0. The third-order valence-electron chi connectivity index (χ3n) is 4.40. The third-order valence-corrected chi connectivity index (χ3v) is 5.78. The van der Waals surface area contributed by atoms with Crippen LogP contribution in [0.25, 0.3) is 0 Å². The van der Waals surface area contributed by atoms with E-state index in [2.05, 4.69) is 17.4 Å². The first-order chi connectivity index (χ1) is 14.6. The van der Waals surface area contributed by atoms with Crippen molar-refractivity contribution in [2.75, 3.05) is 0 Å². The third kappa shape index (κ3) is 7.20. The molecule has 0 radical (unpaired) electrons. The number of alkyl halides is 3. The standard InChI is InChI=1S/C23H32F3N3O2S/c1-8-9-10-15-14-29(22(5,6)7)32-20(15)27-19(30)17-13-16(23(24,25)26)11-12-18(17)31-28-21(2,3)4/h11-14,28H,8-10H2,1-7H3/b27-20-. The van der Waals surface area contributed by atoms with Crippen LogP contribution in [0.15, 0.2) is 29.4 Å². The van der Waals surface area contributed by atoms with Gasteiger partial charge in [-0.3, -0.25) is 8.75 Å². The number of nitrogens with zero attached hydrogens (tertiary/aromatic N) is 2. The largest absolute Gasteiger partial charge is 0.416 e. The van der Waals surface area contributed by atoms with E-state index in [4.69, 9.17) is 4.84 Å². The Labute approximate surface area is 191 Å². The van der Waals surface area contributed by atoms with Gasteiger partial charge in [0.05, 0.1) is 11.1 Å². The number of benzene rings is 1. The average molecular weight is 472 g/mol. The van der Waals surface area contributed by atoms with Gasteiger partial charge in [-0.25, -0.2) is 0 Å². The zero-order chi connectivity index (χ0) is 24.3. The summed E-state index contributed by atoms with van der Waals surface area (Å²) in [4.78, 5) is 22.8. The molecule has 0 bridgehead atoms. The van der Waals surface area contributed by atoms with Gasteiger partial charge in [0.1, 0.15) is 4.67 Å². The van der Waals surface area contributed by atoms with Crippen molar-refractivity contribution < 1.29 is 22.8 Å². The second kappa shape index (κ2) is 9.79. The molecule has 0 aliphatic heterocycles. The van der Waals surface area contributed by atoms with E-state index in [1.54, 1.807) is 0 Å². The fourth-order valence-corrected chi connectivity index (χ4v) is 3.70. The molecule has 0 aliphatic carbocycles. The number of aromatic nitrogens is 1. The zero-order valence-electron chi connectivity index (χ0n) is 19.7. The van der Waals surface area contributed by atoms with Gasteiger partial charge in [0.25, 0.3) is 5.91 Å². The predicted octanol–water partition coefficient (Wildman–Crippen LogP) is 6.09. The highest BCUT2D eigenvalue weighted by Gasteiger charge is 2.32. The van der Waals surface area contributed by atoms with E-state index in [9.17, 15) is 18.0 Å². The number of rotatable bonds is 6. The molecule has 5 nitrogen and oxygen atoms in total. The van der Waals surface area contributed by atoms with Gasteiger partial charge in [0.2, 0.25) is 0 Å². The lowest BCUT2D eigenvalue weighted by molar-refractivity contribution is -0.137. The maximum Gasteiger partial charge on any atom is 0.416 e. The van der Waals surface area contributed by atoms with Crippen LogP contribution in [0.3, 0.4) is 0 Å². The smallest absolute Gasteiger partial charge is 0.407 e. The molecule has 0 fully saturated rings. The number of hydroxylamine groups is 1. The molecule has 0 saturated carbocycles. The minimum absolute atomic E-state index is 0.00274. The summed E-state index contributed by atoms with van der Waals surface area (Å²) in [5.41, 5.74) is 1.80. The van der Waals surface area contributed by atoms with Crippen molar-refractivity contribution in [1.82, 2.24) is 9.44 Å². The first kappa shape index (κ1) is 26.1. The SMILES string of the molecule is CCCCc1cn(C(C)(C)C)s/c1=N\C(=O)c1cc(C(F)(F)F)ccc1ONC(C)(C)C. The Morgan fingerprint density at radius 1 is 1.16 bits per heavy atom. The van der Waals surface area contributed by atoms with Gasteiger partial charge in [0, 0.05) is 22.8 Å². The van der Waals surface area contributed by atoms with Crippen molar-refractivity contribution in [3.05, 3.63) is 45.8 Å². The van der Waals surface area contributed by atoms with E-state index >= 15 is 0 Å². The van der Waals surface area contributed by atoms with Crippen molar-refractivity contribution in [3.8, 4) is 5.75 Å². The molecule has 9 heteroatoms. The van der Waals surface area contributed by atoms with Gasteiger partial charge >= 0.3 is 6.18 Å². The molecule has 1 aromatic carbocycles. The molecule has 1 heterocycles. The molecule has 2 rings (SSSR count). The lowest BCUT2D eigenvalue weighted by atomic mass is 10.1. The Kier molecular flexibility index (Phi) is 7.99.